The van der Waals surface area contributed by atoms with Crippen molar-refractivity contribution >= 4 is 28.6 Å². The average molecular weight is 374 g/mol. The first-order valence-electron chi connectivity index (χ1n) is 8.33. The van der Waals surface area contributed by atoms with Gasteiger partial charge in [-0.1, -0.05) is 5.21 Å². The molecule has 25 heavy (non-hydrogen) atoms. The van der Waals surface area contributed by atoms with Crippen molar-refractivity contribution in [2.75, 3.05) is 13.1 Å². The molecule has 6 nitrogen and oxygen atoms in total. The smallest absolute Gasteiger partial charge is 0.273 e. The Labute approximate surface area is 154 Å². The van der Waals surface area contributed by atoms with E-state index in [2.05, 4.69) is 26.7 Å². The third-order valence-electron chi connectivity index (χ3n) is 4.45. The highest BCUT2D eigenvalue weighted by molar-refractivity contribution is 7.09. The fourth-order valence-corrected chi connectivity index (χ4v) is 4.45. The van der Waals surface area contributed by atoms with Crippen molar-refractivity contribution in [2.45, 2.75) is 26.3 Å². The molecule has 1 saturated heterocycles. The maximum atomic E-state index is 12.6. The first-order valence-corrected chi connectivity index (χ1v) is 10.2. The van der Waals surface area contributed by atoms with Crippen molar-refractivity contribution in [3.8, 4) is 11.3 Å². The van der Waals surface area contributed by atoms with E-state index < -0.39 is 0 Å². The highest BCUT2D eigenvalue weighted by Gasteiger charge is 2.26. The Bertz CT molecular complexity index is 854. The number of piperidine rings is 1. The first-order chi connectivity index (χ1) is 12.2. The number of carbonyl (C=O) groups excluding carboxylic acids is 1. The molecule has 1 atom stereocenters. The molecule has 0 aliphatic carbocycles. The molecule has 4 rings (SSSR count). The summed E-state index contributed by atoms with van der Waals surface area (Å²) in [6.45, 7) is 4.28. The van der Waals surface area contributed by atoms with Gasteiger partial charge in [-0.15, -0.1) is 16.4 Å². The van der Waals surface area contributed by atoms with E-state index in [-0.39, 0.29) is 5.91 Å². The van der Waals surface area contributed by atoms with E-state index in [1.54, 1.807) is 11.3 Å². The van der Waals surface area contributed by atoms with Crippen LogP contribution in [0.1, 0.15) is 28.3 Å². The predicted molar refractivity (Wildman–Crippen MR) is 98.8 cm³/mol. The Balaban J connectivity index is 1.41. The number of rotatable bonds is 4. The molecule has 1 aliphatic rings. The minimum atomic E-state index is 0.0478. The quantitative estimate of drug-likeness (QED) is 0.704. The van der Waals surface area contributed by atoms with Gasteiger partial charge in [-0.05, 0) is 37.1 Å². The number of carbonyl (C=O) groups is 1. The van der Waals surface area contributed by atoms with Crippen molar-refractivity contribution in [3.05, 3.63) is 39.1 Å². The maximum Gasteiger partial charge on any atom is 0.273 e. The molecule has 130 valence electrons. The van der Waals surface area contributed by atoms with Crippen LogP contribution in [0.4, 0.5) is 0 Å². The lowest BCUT2D eigenvalue weighted by molar-refractivity contribution is 0.0654. The normalized spacial score (nSPS) is 17.8. The monoisotopic (exact) mass is 373 g/mol. The summed E-state index contributed by atoms with van der Waals surface area (Å²) in [5.74, 6) is 0.445. The molecule has 1 fully saturated rings. The van der Waals surface area contributed by atoms with Gasteiger partial charge in [-0.25, -0.2) is 4.98 Å². The van der Waals surface area contributed by atoms with Crippen molar-refractivity contribution in [1.29, 1.82) is 0 Å². The van der Waals surface area contributed by atoms with Crippen LogP contribution < -0.4 is 0 Å². The predicted octanol–water partition coefficient (Wildman–Crippen LogP) is 3.32. The topological polar surface area (TPSA) is 63.9 Å². The van der Waals surface area contributed by atoms with Crippen LogP contribution in [0.25, 0.3) is 11.3 Å². The van der Waals surface area contributed by atoms with Crippen LogP contribution in [0.2, 0.25) is 0 Å². The van der Waals surface area contributed by atoms with E-state index in [4.69, 9.17) is 0 Å². The number of likely N-dealkylation sites (tertiary alicyclic amines) is 1. The number of hydrogen-bond donors (Lipinski definition) is 0. The standard InChI is InChI=1S/C17H19N5OS2/c1-12-18-16(11-25-12)17(23)21-5-2-3-13(7-21)8-22-9-15(19-20-22)14-4-6-24-10-14/h4,6,9-11,13H,2-3,5,7-8H2,1H3. The van der Waals surface area contributed by atoms with E-state index in [9.17, 15) is 4.79 Å². The van der Waals surface area contributed by atoms with Crippen molar-refractivity contribution < 1.29 is 4.79 Å². The second kappa shape index (κ2) is 7.05. The molecular formula is C17H19N5OS2. The Morgan fingerprint density at radius 1 is 1.40 bits per heavy atom. The average Bonchev–Trinajstić information content (AvgIpc) is 3.35. The first kappa shape index (κ1) is 16.4. The van der Waals surface area contributed by atoms with Gasteiger partial charge < -0.3 is 4.90 Å². The van der Waals surface area contributed by atoms with E-state index in [1.165, 1.54) is 11.3 Å². The van der Waals surface area contributed by atoms with Crippen molar-refractivity contribution in [1.82, 2.24) is 24.9 Å². The number of amides is 1. The van der Waals surface area contributed by atoms with Gasteiger partial charge in [0.15, 0.2) is 0 Å². The zero-order valence-corrected chi connectivity index (χ0v) is 15.6. The molecule has 0 radical (unpaired) electrons. The lowest BCUT2D eigenvalue weighted by Gasteiger charge is -2.32. The SMILES string of the molecule is Cc1nc(C(=O)N2CCCC(Cn3cc(-c4ccsc4)nn3)C2)cs1. The van der Waals surface area contributed by atoms with Crippen LogP contribution >= 0.6 is 22.7 Å². The van der Waals surface area contributed by atoms with Crippen LogP contribution in [-0.4, -0.2) is 43.9 Å². The summed E-state index contributed by atoms with van der Waals surface area (Å²) >= 11 is 3.18. The van der Waals surface area contributed by atoms with Gasteiger partial charge >= 0.3 is 0 Å². The molecule has 0 N–H and O–H groups in total. The molecule has 1 amide bonds. The number of aromatic nitrogens is 4. The molecule has 0 saturated carbocycles. The Morgan fingerprint density at radius 2 is 2.32 bits per heavy atom. The largest absolute Gasteiger partial charge is 0.337 e. The van der Waals surface area contributed by atoms with Crippen LogP contribution in [0.15, 0.2) is 28.4 Å². The fourth-order valence-electron chi connectivity index (χ4n) is 3.22. The van der Waals surface area contributed by atoms with Crippen LogP contribution in [0, 0.1) is 12.8 Å². The molecule has 8 heteroatoms. The Kier molecular flexibility index (Phi) is 4.63. The van der Waals surface area contributed by atoms with Gasteiger partial charge in [0, 0.05) is 36.0 Å². The van der Waals surface area contributed by atoms with Gasteiger partial charge in [0.2, 0.25) is 0 Å². The number of hydrogen-bond acceptors (Lipinski definition) is 6. The molecule has 0 bridgehead atoms. The Morgan fingerprint density at radius 3 is 3.08 bits per heavy atom. The van der Waals surface area contributed by atoms with Crippen LogP contribution in [-0.2, 0) is 6.54 Å². The van der Waals surface area contributed by atoms with E-state index in [1.807, 2.05) is 33.5 Å². The molecule has 3 aromatic rings. The number of thiophene rings is 1. The van der Waals surface area contributed by atoms with Gasteiger partial charge in [-0.2, -0.15) is 11.3 Å². The second-order valence-corrected chi connectivity index (χ2v) is 8.19. The lowest BCUT2D eigenvalue weighted by Crippen LogP contribution is -2.41. The molecule has 4 heterocycles. The number of thiazole rings is 1. The molecular weight excluding hydrogens is 354 g/mol. The van der Waals surface area contributed by atoms with Gasteiger partial charge in [-0.3, -0.25) is 9.48 Å². The zero-order valence-electron chi connectivity index (χ0n) is 14.0. The molecule has 1 aliphatic heterocycles. The summed E-state index contributed by atoms with van der Waals surface area (Å²) < 4.78 is 1.90. The van der Waals surface area contributed by atoms with Crippen molar-refractivity contribution in [2.24, 2.45) is 5.92 Å². The van der Waals surface area contributed by atoms with Gasteiger partial charge in [0.05, 0.1) is 11.2 Å². The summed E-state index contributed by atoms with van der Waals surface area (Å²) in [5, 5.41) is 15.4. The van der Waals surface area contributed by atoms with E-state index >= 15 is 0 Å². The van der Waals surface area contributed by atoms with Crippen molar-refractivity contribution in [3.63, 3.8) is 0 Å². The molecule has 0 aromatic carbocycles. The van der Waals surface area contributed by atoms with Crippen LogP contribution in [0.3, 0.4) is 0 Å². The number of aryl methyl sites for hydroxylation is 1. The summed E-state index contributed by atoms with van der Waals surface area (Å²) in [6.07, 6.45) is 4.12. The minimum absolute atomic E-state index is 0.0478. The highest BCUT2D eigenvalue weighted by Crippen LogP contribution is 2.23. The lowest BCUT2D eigenvalue weighted by atomic mass is 9.98. The zero-order chi connectivity index (χ0) is 17.2. The third-order valence-corrected chi connectivity index (χ3v) is 5.90. The third kappa shape index (κ3) is 3.64. The maximum absolute atomic E-state index is 12.6. The fraction of sp³-hybridized carbons (Fsp3) is 0.412. The molecule has 0 spiro atoms. The van der Waals surface area contributed by atoms with E-state index in [0.29, 0.717) is 11.6 Å². The van der Waals surface area contributed by atoms with E-state index in [0.717, 1.165) is 48.7 Å². The highest BCUT2D eigenvalue weighted by atomic mass is 32.1. The summed E-state index contributed by atoms with van der Waals surface area (Å²) in [4.78, 5) is 18.9. The summed E-state index contributed by atoms with van der Waals surface area (Å²) in [5.41, 5.74) is 2.59. The minimum Gasteiger partial charge on any atom is -0.337 e. The van der Waals surface area contributed by atoms with Gasteiger partial charge in [0.1, 0.15) is 11.4 Å². The second-order valence-electron chi connectivity index (χ2n) is 6.35. The number of nitrogens with zero attached hydrogens (tertiary/aromatic N) is 5. The van der Waals surface area contributed by atoms with Crippen LogP contribution in [0.5, 0.6) is 0 Å². The summed E-state index contributed by atoms with van der Waals surface area (Å²) in [7, 11) is 0. The van der Waals surface area contributed by atoms with Gasteiger partial charge in [0.25, 0.3) is 5.91 Å². The molecule has 1 unspecified atom stereocenters. The molecule has 3 aromatic heterocycles. The summed E-state index contributed by atoms with van der Waals surface area (Å²) in [6, 6.07) is 2.05. The Hall–Kier alpha value is -2.06.